The number of nitrogens with zero attached hydrogens (tertiary/aromatic N) is 5. The third kappa shape index (κ3) is 5.41. The highest BCUT2D eigenvalue weighted by Gasteiger charge is 2.23. The second kappa shape index (κ2) is 11.0. The molecule has 3 heterocycles. The van der Waals surface area contributed by atoms with Crippen LogP contribution in [0.3, 0.4) is 0 Å². The van der Waals surface area contributed by atoms with Crippen LogP contribution < -0.4 is 25.0 Å². The Balaban J connectivity index is 0.000000180. The van der Waals surface area contributed by atoms with Crippen LogP contribution in [0.1, 0.15) is 19.4 Å². The molecule has 0 saturated carbocycles. The molecule has 2 aromatic heterocycles. The number of carbonyl (C=O) groups excluding carboxylic acids is 1. The first-order valence-electron chi connectivity index (χ1n) is 12.0. The van der Waals surface area contributed by atoms with Gasteiger partial charge in [-0.2, -0.15) is 10.1 Å². The van der Waals surface area contributed by atoms with E-state index in [0.717, 1.165) is 29.6 Å². The fourth-order valence-electron chi connectivity index (χ4n) is 4.72. The van der Waals surface area contributed by atoms with Crippen molar-refractivity contribution in [1.82, 2.24) is 25.1 Å². The number of hydrogen-bond donors (Lipinski definition) is 2. The van der Waals surface area contributed by atoms with Gasteiger partial charge in [0, 0.05) is 61.1 Å². The van der Waals surface area contributed by atoms with E-state index >= 15 is 0 Å². The molecule has 0 spiro atoms. The van der Waals surface area contributed by atoms with Crippen molar-refractivity contribution in [2.45, 2.75) is 32.9 Å². The average molecular weight is 510 g/mol. The molecule has 2 aromatic carbocycles. The monoisotopic (exact) mass is 509 g/mol. The molecule has 196 valence electrons. The number of nitrogens with one attached hydrogen (secondary N) is 2. The maximum absolute atomic E-state index is 13.9. The lowest BCUT2D eigenvalue weighted by atomic mass is 10.1. The molecule has 0 bridgehead atoms. The van der Waals surface area contributed by atoms with Gasteiger partial charge < -0.3 is 25.0 Å². The minimum absolute atomic E-state index is 0.0155. The van der Waals surface area contributed by atoms with Crippen molar-refractivity contribution in [2.24, 2.45) is 7.05 Å². The third-order valence-corrected chi connectivity index (χ3v) is 6.22. The van der Waals surface area contributed by atoms with Gasteiger partial charge in [-0.15, -0.1) is 0 Å². The SMILES string of the molecule is COc1c(NC=O)cc2cn(C)nc2c1F.COc1ncc2c(N3CC(C)NC(C)C3)ccc(C)c2n1. The van der Waals surface area contributed by atoms with Gasteiger partial charge in [-0.25, -0.2) is 9.37 Å². The molecule has 0 radical (unpaired) electrons. The number of halogens is 1. The van der Waals surface area contributed by atoms with Crippen LogP contribution in [0.15, 0.2) is 30.6 Å². The van der Waals surface area contributed by atoms with Crippen LogP contribution in [0.25, 0.3) is 21.8 Å². The molecule has 4 aromatic rings. The molecule has 1 fully saturated rings. The molecule has 10 nitrogen and oxygen atoms in total. The number of aryl methyl sites for hydroxylation is 2. The van der Waals surface area contributed by atoms with Gasteiger partial charge in [0.05, 0.1) is 25.4 Å². The van der Waals surface area contributed by atoms with Crippen LogP contribution in [-0.4, -0.2) is 65.6 Å². The largest absolute Gasteiger partial charge is 0.491 e. The van der Waals surface area contributed by atoms with E-state index in [4.69, 9.17) is 9.47 Å². The van der Waals surface area contributed by atoms with Crippen LogP contribution >= 0.6 is 0 Å². The maximum atomic E-state index is 13.9. The number of hydrogen-bond acceptors (Lipinski definition) is 8. The van der Waals surface area contributed by atoms with Crippen molar-refractivity contribution in [3.05, 3.63) is 42.0 Å². The molecule has 1 saturated heterocycles. The number of benzene rings is 2. The second-order valence-corrected chi connectivity index (χ2v) is 9.17. The Morgan fingerprint density at radius 2 is 1.89 bits per heavy atom. The number of carbonyl (C=O) groups is 1. The van der Waals surface area contributed by atoms with Gasteiger partial charge in [0.15, 0.2) is 11.6 Å². The van der Waals surface area contributed by atoms with E-state index in [-0.39, 0.29) is 17.0 Å². The highest BCUT2D eigenvalue weighted by atomic mass is 19.1. The first kappa shape index (κ1) is 26.1. The number of methoxy groups -OCH3 is 2. The molecule has 1 aliphatic heterocycles. The zero-order valence-electron chi connectivity index (χ0n) is 21.9. The molecule has 5 rings (SSSR count). The Morgan fingerprint density at radius 3 is 2.54 bits per heavy atom. The number of piperazine rings is 1. The van der Waals surface area contributed by atoms with Gasteiger partial charge in [0.2, 0.25) is 6.41 Å². The number of fused-ring (bicyclic) bond motifs is 2. The number of rotatable bonds is 5. The summed E-state index contributed by atoms with van der Waals surface area (Å²) in [6.07, 6.45) is 4.01. The maximum Gasteiger partial charge on any atom is 0.316 e. The van der Waals surface area contributed by atoms with Crippen molar-refractivity contribution in [2.75, 3.05) is 37.5 Å². The van der Waals surface area contributed by atoms with E-state index in [9.17, 15) is 9.18 Å². The van der Waals surface area contributed by atoms with E-state index in [0.29, 0.717) is 29.9 Å². The second-order valence-electron chi connectivity index (χ2n) is 9.17. The summed E-state index contributed by atoms with van der Waals surface area (Å²) in [6.45, 7) is 8.50. The fraction of sp³-hybridized carbons (Fsp3) is 0.385. The van der Waals surface area contributed by atoms with E-state index in [2.05, 4.69) is 63.5 Å². The molecule has 37 heavy (non-hydrogen) atoms. The average Bonchev–Trinajstić information content (AvgIpc) is 3.25. The van der Waals surface area contributed by atoms with Gasteiger partial charge in [-0.3, -0.25) is 9.48 Å². The molecule has 2 atom stereocenters. The summed E-state index contributed by atoms with van der Waals surface area (Å²) < 4.78 is 25.5. The summed E-state index contributed by atoms with van der Waals surface area (Å²) >= 11 is 0. The molecule has 2 unspecified atom stereocenters. The fourth-order valence-corrected chi connectivity index (χ4v) is 4.72. The van der Waals surface area contributed by atoms with Crippen molar-refractivity contribution < 1.29 is 18.7 Å². The van der Waals surface area contributed by atoms with Crippen LogP contribution in [0, 0.1) is 12.7 Å². The Hall–Kier alpha value is -3.99. The summed E-state index contributed by atoms with van der Waals surface area (Å²) in [4.78, 5) is 21.6. The summed E-state index contributed by atoms with van der Waals surface area (Å²) in [6, 6.07) is 7.29. The highest BCUT2D eigenvalue weighted by molar-refractivity contribution is 5.93. The molecule has 0 aliphatic carbocycles. The number of amides is 1. The standard InChI is InChI=1S/C16H22N4O.C10H10FN3O2/c1-10-5-6-14(20-8-11(2)18-12(3)9-20)13-7-17-16(21-4)19-15(10)13;1-14-4-6-3-7(12-5-15)10(16-2)8(11)9(6)13-14/h5-7,11-12,18H,8-9H2,1-4H3;3-5H,1-2H3,(H,12,15). The van der Waals surface area contributed by atoms with Crippen molar-refractivity contribution in [3.8, 4) is 11.8 Å². The van der Waals surface area contributed by atoms with Gasteiger partial charge in [-0.05, 0) is 38.5 Å². The molecular formula is C26H32FN7O3. The number of aromatic nitrogens is 4. The normalized spacial score (nSPS) is 17.3. The molecule has 1 aliphatic rings. The summed E-state index contributed by atoms with van der Waals surface area (Å²) in [5.41, 5.74) is 3.83. The zero-order chi connectivity index (χ0) is 26.7. The van der Waals surface area contributed by atoms with Gasteiger partial charge >= 0.3 is 6.01 Å². The van der Waals surface area contributed by atoms with Crippen molar-refractivity contribution in [3.63, 3.8) is 0 Å². The smallest absolute Gasteiger partial charge is 0.316 e. The minimum atomic E-state index is -0.579. The van der Waals surface area contributed by atoms with Crippen LogP contribution in [0.4, 0.5) is 15.8 Å². The van der Waals surface area contributed by atoms with Crippen molar-refractivity contribution >= 4 is 39.6 Å². The lowest BCUT2D eigenvalue weighted by Crippen LogP contribution is -2.54. The van der Waals surface area contributed by atoms with Crippen LogP contribution in [0.5, 0.6) is 11.8 Å². The van der Waals surface area contributed by atoms with Gasteiger partial charge in [0.1, 0.15) is 5.52 Å². The third-order valence-electron chi connectivity index (χ3n) is 6.22. The predicted octanol–water partition coefficient (Wildman–Crippen LogP) is 3.42. The summed E-state index contributed by atoms with van der Waals surface area (Å²) in [5.74, 6) is -0.594. The highest BCUT2D eigenvalue weighted by Crippen LogP contribution is 2.33. The first-order chi connectivity index (χ1) is 17.7. The van der Waals surface area contributed by atoms with Crippen LogP contribution in [0.2, 0.25) is 0 Å². The minimum Gasteiger partial charge on any atom is -0.491 e. The van der Waals surface area contributed by atoms with Crippen LogP contribution in [-0.2, 0) is 11.8 Å². The molecule has 2 N–H and O–H groups in total. The predicted molar refractivity (Wildman–Crippen MR) is 142 cm³/mol. The lowest BCUT2D eigenvalue weighted by molar-refractivity contribution is -0.105. The first-order valence-corrected chi connectivity index (χ1v) is 12.0. The Labute approximate surface area is 214 Å². The topological polar surface area (TPSA) is 106 Å². The molecule has 11 heteroatoms. The van der Waals surface area contributed by atoms with E-state index in [1.54, 1.807) is 26.4 Å². The quantitative estimate of drug-likeness (QED) is 0.394. The van der Waals surface area contributed by atoms with Gasteiger partial charge in [0.25, 0.3) is 0 Å². The van der Waals surface area contributed by atoms with E-state index < -0.39 is 5.82 Å². The van der Waals surface area contributed by atoms with Crippen molar-refractivity contribution in [1.29, 1.82) is 0 Å². The number of ether oxygens (including phenoxy) is 2. The Morgan fingerprint density at radius 1 is 1.16 bits per heavy atom. The lowest BCUT2D eigenvalue weighted by Gasteiger charge is -2.38. The molecule has 1 amide bonds. The van der Waals surface area contributed by atoms with E-state index in [1.807, 2.05) is 6.20 Å². The zero-order valence-corrected chi connectivity index (χ0v) is 21.9. The summed E-state index contributed by atoms with van der Waals surface area (Å²) in [7, 11) is 4.63. The Bertz CT molecular complexity index is 1410. The Kier molecular flexibility index (Phi) is 7.72. The summed E-state index contributed by atoms with van der Waals surface area (Å²) in [5, 5.41) is 11.6. The number of anilines is 2. The molecular weight excluding hydrogens is 477 g/mol. The van der Waals surface area contributed by atoms with Gasteiger partial charge in [-0.1, -0.05) is 6.07 Å². The van der Waals surface area contributed by atoms with E-state index in [1.165, 1.54) is 17.5 Å².